The molecule has 91 heavy (non-hydrogen) atoms. The van der Waals surface area contributed by atoms with E-state index in [9.17, 15) is 0 Å². The van der Waals surface area contributed by atoms with Crippen LogP contribution >= 0.6 is 51.1 Å². The Morgan fingerprint density at radius 2 is 0.615 bits per heavy atom. The third-order valence-electron chi connectivity index (χ3n) is 23.7. The maximum Gasteiger partial charge on any atom is 4.00 e. The van der Waals surface area contributed by atoms with E-state index in [-0.39, 0.29) is 82.9 Å². The Kier molecular flexibility index (Phi) is 50.1. The molecular formula is C78H135Cl6FSi3Zr3. The van der Waals surface area contributed by atoms with E-state index in [0.717, 1.165) is 134 Å². The van der Waals surface area contributed by atoms with Gasteiger partial charge in [-0.2, -0.15) is 0 Å². The Balaban J connectivity index is -0.000000578. The van der Waals surface area contributed by atoms with Crippen LogP contribution in [-0.4, -0.2) is 24.9 Å². The molecule has 0 bridgehead atoms. The van der Waals surface area contributed by atoms with Gasteiger partial charge in [-0.25, -0.2) is 0 Å². The molecule has 13 heteroatoms. The number of benzene rings is 1. The largest absolute Gasteiger partial charge is 4.00 e. The van der Waals surface area contributed by atoms with Gasteiger partial charge in [0.05, 0.1) is 16.1 Å². The molecule has 4 fully saturated rings. The maximum absolute atomic E-state index is 5.04. The van der Waals surface area contributed by atoms with E-state index in [4.69, 9.17) is 51.1 Å². The molecule has 1 aromatic carbocycles. The van der Waals surface area contributed by atoms with Crippen molar-refractivity contribution in [3.05, 3.63) is 177 Å². The first-order chi connectivity index (χ1) is 38.9. The Bertz CT molecular complexity index is 2160. The SMILES string of the molecule is C.CCCC1C(C)C([Si](C)(C)C2C(C)C(CCC)C3C=CC=CC32)C2C=CC=CC21.CCCC1C(C)C([Si](C)(C)C2C(C)C(CCC)C3C=CC=CC32)C2C=CC=CC21.CCCC1c2ccccc2C([SiH](C)C)C1C.F.[CH3-].[CH3-].[CH3-].[CH3-].[CH3-].[CH3-].[Cl][Zr+2][Cl].[Cl][Zr]([Cl])([Cl])[Cl].[Zr+4]. The van der Waals surface area contributed by atoms with Crippen LogP contribution in [0, 0.1) is 145 Å². The van der Waals surface area contributed by atoms with Gasteiger partial charge in [0.2, 0.25) is 0 Å². The molecule has 0 aromatic heterocycles. The topological polar surface area (TPSA) is 0 Å². The summed E-state index contributed by atoms with van der Waals surface area (Å²) in [7, 11) is 26.4. The van der Waals surface area contributed by atoms with E-state index in [0.29, 0.717) is 0 Å². The third kappa shape index (κ3) is 23.1. The number of rotatable bonds is 15. The van der Waals surface area contributed by atoms with Gasteiger partial charge in [0.1, 0.15) is 0 Å². The van der Waals surface area contributed by atoms with Crippen LogP contribution in [0.3, 0.4) is 0 Å². The molecular weight excluding hydrogens is 1530 g/mol. The third-order valence-corrected chi connectivity index (χ3v) is 36.6. The number of halogens is 7. The molecule has 10 rings (SSSR count). The minimum absolute atomic E-state index is 0. The second-order valence-corrected chi connectivity index (χ2v) is 68.1. The zero-order valence-electron chi connectivity index (χ0n) is 60.7. The molecule has 0 aliphatic heterocycles. The Hall–Kier alpha value is 2.11. The summed E-state index contributed by atoms with van der Waals surface area (Å²) in [5, 5.41) is 0. The van der Waals surface area contributed by atoms with Gasteiger partial charge in [-0.1, -0.05) is 270 Å². The maximum atomic E-state index is 5.04. The number of fused-ring (bicyclic) bond motifs is 5. The van der Waals surface area contributed by atoms with Gasteiger partial charge in [-0.15, -0.1) is 0 Å². The first-order valence-corrected chi connectivity index (χ1v) is 61.4. The summed E-state index contributed by atoms with van der Waals surface area (Å²) < 4.78 is 0. The van der Waals surface area contributed by atoms with Crippen LogP contribution < -0.4 is 0 Å². The van der Waals surface area contributed by atoms with Crippen LogP contribution in [-0.2, 0) is 62.5 Å². The molecule has 9 aliphatic rings. The van der Waals surface area contributed by atoms with Crippen LogP contribution in [0.2, 0.25) is 61.4 Å². The van der Waals surface area contributed by atoms with Crippen LogP contribution in [0.5, 0.6) is 0 Å². The summed E-state index contributed by atoms with van der Waals surface area (Å²) in [6.45, 7) is 41.1. The van der Waals surface area contributed by atoms with E-state index in [1.807, 2.05) is 0 Å². The van der Waals surface area contributed by atoms with Crippen molar-refractivity contribution < 1.29 is 67.2 Å². The number of hydrogen-bond acceptors (Lipinski definition) is 0. The van der Waals surface area contributed by atoms with Crippen molar-refractivity contribution in [2.24, 2.45) is 101 Å². The zero-order chi connectivity index (χ0) is 60.4. The fraction of sp³-hybridized carbons (Fsp3) is 0.641. The Morgan fingerprint density at radius 1 is 0.407 bits per heavy atom. The average Bonchev–Trinajstić information content (AvgIpc) is 1.60. The van der Waals surface area contributed by atoms with E-state index in [1.54, 1.807) is 11.1 Å². The van der Waals surface area contributed by atoms with Crippen molar-refractivity contribution in [1.82, 2.24) is 0 Å². The van der Waals surface area contributed by atoms with Crippen LogP contribution in [0.1, 0.15) is 163 Å². The zero-order valence-corrected chi connectivity index (χ0v) is 75.7. The minimum atomic E-state index is -3.29. The van der Waals surface area contributed by atoms with E-state index < -0.39 is 61.3 Å². The summed E-state index contributed by atoms with van der Waals surface area (Å²) in [5.41, 5.74) is 7.98. The smallest absolute Gasteiger partial charge is 4.00 e. The van der Waals surface area contributed by atoms with Gasteiger partial charge >= 0.3 is 114 Å². The van der Waals surface area contributed by atoms with Crippen molar-refractivity contribution in [2.75, 3.05) is 0 Å². The minimum Gasteiger partial charge on any atom is 4.00 e. The van der Waals surface area contributed by atoms with Crippen molar-refractivity contribution in [1.29, 1.82) is 0 Å². The van der Waals surface area contributed by atoms with Gasteiger partial charge in [0.25, 0.3) is 0 Å². The van der Waals surface area contributed by atoms with E-state index in [1.165, 1.54) is 64.2 Å². The van der Waals surface area contributed by atoms with Crippen molar-refractivity contribution in [3.63, 3.8) is 0 Å². The van der Waals surface area contributed by atoms with E-state index >= 15 is 0 Å². The average molecular weight is 1660 g/mol. The number of allylic oxidation sites excluding steroid dienone is 16. The predicted molar refractivity (Wildman–Crippen MR) is 419 cm³/mol. The van der Waals surface area contributed by atoms with Gasteiger partial charge in [-0.05, 0) is 177 Å². The molecule has 0 radical (unpaired) electrons. The first-order valence-electron chi connectivity index (χ1n) is 33.1. The molecule has 1 aromatic rings. The molecule has 0 nitrogen and oxygen atoms in total. The molecule has 0 amide bonds. The second-order valence-electron chi connectivity index (χ2n) is 28.8. The van der Waals surface area contributed by atoms with Crippen molar-refractivity contribution in [2.45, 2.75) is 214 Å². The quantitative estimate of drug-likeness (QED) is 0.121. The molecule has 23 unspecified atom stereocenters. The standard InChI is InChI=1S/2C28H44Si.C15H24Si.CH4.6CH3.6ClH.FH.3Zr/c2*1-7-13-21-19(3)27(25-17-11-9-15-23(21)25)29(5,6)28-20(4)22(14-8-2)24-16-10-12-18-26(24)28;1-5-8-12-11(2)15(16(3)4)14-10-7-6-9-13(12)14;;;;;;;;;;;;;;;;;/h2*9-12,15-28H,7-8,13-14H2,1-6H3;6-7,9-12,15-16H,5,8H2,1-4H3;1H4;6*1H3;7*1H;;;/q;;;;6*-1;;;;;;;;3*+4/p-6. The molecule has 520 valence electrons. The van der Waals surface area contributed by atoms with Crippen LogP contribution in [0.4, 0.5) is 4.70 Å². The van der Waals surface area contributed by atoms with Gasteiger partial charge in [0.15, 0.2) is 0 Å². The van der Waals surface area contributed by atoms with Crippen LogP contribution in [0.15, 0.2) is 121 Å². The van der Waals surface area contributed by atoms with Crippen molar-refractivity contribution in [3.8, 4) is 0 Å². The molecule has 0 spiro atoms. The Labute approximate surface area is 627 Å². The molecule has 0 saturated heterocycles. The summed E-state index contributed by atoms with van der Waals surface area (Å²) in [6.07, 6.45) is 53.3. The monoisotopic (exact) mass is 1650 g/mol. The molecule has 4 saturated carbocycles. The van der Waals surface area contributed by atoms with Gasteiger partial charge in [0, 0.05) is 8.80 Å². The fourth-order valence-corrected chi connectivity index (χ4v) is 36.6. The summed E-state index contributed by atoms with van der Waals surface area (Å²) in [6, 6.07) is 9.21. The van der Waals surface area contributed by atoms with Crippen LogP contribution in [0.25, 0.3) is 0 Å². The van der Waals surface area contributed by atoms with Gasteiger partial charge in [-0.3, -0.25) is 4.70 Å². The molecule has 9 aliphatic carbocycles. The summed E-state index contributed by atoms with van der Waals surface area (Å²) >= 11 is -4.12. The number of hydrogen-bond donors (Lipinski definition) is 0. The molecule has 0 N–H and O–H groups in total. The summed E-state index contributed by atoms with van der Waals surface area (Å²) in [4.78, 5) is 0. The molecule has 0 heterocycles. The van der Waals surface area contributed by atoms with E-state index in [2.05, 4.69) is 230 Å². The van der Waals surface area contributed by atoms with Gasteiger partial charge < -0.3 is 44.6 Å². The molecule has 23 atom stereocenters. The van der Waals surface area contributed by atoms with Crippen molar-refractivity contribution >= 4 is 76.0 Å². The normalized spacial score (nSPS) is 34.8. The first kappa shape index (κ1) is 99.5. The fourth-order valence-electron chi connectivity index (χ4n) is 21.5. The summed E-state index contributed by atoms with van der Waals surface area (Å²) in [5.74, 6) is 15.2. The predicted octanol–water partition coefficient (Wildman–Crippen LogP) is 28.5. The Morgan fingerprint density at radius 3 is 0.824 bits per heavy atom. The second kappa shape index (κ2) is 45.9.